The van der Waals surface area contributed by atoms with Gasteiger partial charge in [-0.05, 0) is 53.6 Å². The third-order valence-electron chi connectivity index (χ3n) is 5.13. The molecule has 1 heterocycles. The molecule has 0 fully saturated rings. The largest absolute Gasteiger partial charge is 0.482 e. The number of amides is 2. The molecular weight excluding hydrogens is 364 g/mol. The normalized spacial score (nSPS) is 13.7. The highest BCUT2D eigenvalue weighted by atomic mass is 16.5. The highest BCUT2D eigenvalue weighted by molar-refractivity contribution is 6.05. The van der Waals surface area contributed by atoms with Crippen molar-refractivity contribution in [3.05, 3.63) is 53.6 Å². The number of aryl methyl sites for hydroxylation is 1. The molecule has 3 rings (SSSR count). The number of hydrogen-bond acceptors (Lipinski definition) is 3. The van der Waals surface area contributed by atoms with Crippen molar-refractivity contribution in [1.29, 1.82) is 0 Å². The van der Waals surface area contributed by atoms with Gasteiger partial charge >= 0.3 is 0 Å². The average Bonchev–Trinajstić information content (AvgIpc) is 2.68. The molecule has 0 saturated carbocycles. The van der Waals surface area contributed by atoms with Crippen molar-refractivity contribution in [2.75, 3.05) is 23.4 Å². The Balaban J connectivity index is 1.69. The fourth-order valence-corrected chi connectivity index (χ4v) is 3.32. The summed E-state index contributed by atoms with van der Waals surface area (Å²) in [7, 11) is 0. The van der Waals surface area contributed by atoms with Gasteiger partial charge in [-0.1, -0.05) is 52.3 Å². The quantitative estimate of drug-likeness (QED) is 0.773. The number of benzene rings is 2. The lowest BCUT2D eigenvalue weighted by Gasteiger charge is -2.30. The Morgan fingerprint density at radius 1 is 1.14 bits per heavy atom. The summed E-state index contributed by atoms with van der Waals surface area (Å²) < 4.78 is 5.62. The second-order valence-corrected chi connectivity index (χ2v) is 8.55. The minimum absolute atomic E-state index is 0.0225. The monoisotopic (exact) mass is 394 g/mol. The number of rotatable bonds is 6. The molecule has 0 unspecified atom stereocenters. The van der Waals surface area contributed by atoms with Crippen LogP contribution < -0.4 is 15.0 Å². The van der Waals surface area contributed by atoms with Crippen LogP contribution in [0.15, 0.2) is 42.5 Å². The SMILES string of the molecule is CCCCc1ccc(NC(=O)CN2C(=O)COc3cc(C(C)(C)C)ccc32)cc1. The van der Waals surface area contributed by atoms with Crippen molar-refractivity contribution < 1.29 is 14.3 Å². The van der Waals surface area contributed by atoms with Gasteiger partial charge in [-0.25, -0.2) is 0 Å². The van der Waals surface area contributed by atoms with Crippen LogP contribution in [0.2, 0.25) is 0 Å². The van der Waals surface area contributed by atoms with Crippen LogP contribution in [0, 0.1) is 0 Å². The lowest BCUT2D eigenvalue weighted by atomic mass is 9.86. The summed E-state index contributed by atoms with van der Waals surface area (Å²) in [5.74, 6) is 0.198. The van der Waals surface area contributed by atoms with Crippen molar-refractivity contribution in [2.45, 2.75) is 52.4 Å². The first-order chi connectivity index (χ1) is 13.8. The van der Waals surface area contributed by atoms with Crippen molar-refractivity contribution >= 4 is 23.2 Å². The Labute approximate surface area is 173 Å². The number of nitrogens with zero attached hydrogens (tertiary/aromatic N) is 1. The summed E-state index contributed by atoms with van der Waals surface area (Å²) in [4.78, 5) is 26.5. The van der Waals surface area contributed by atoms with E-state index in [0.29, 0.717) is 11.4 Å². The van der Waals surface area contributed by atoms with E-state index in [2.05, 4.69) is 33.0 Å². The molecule has 0 saturated heterocycles. The zero-order valence-electron chi connectivity index (χ0n) is 17.7. The predicted molar refractivity (Wildman–Crippen MR) is 117 cm³/mol. The summed E-state index contributed by atoms with van der Waals surface area (Å²) in [6.07, 6.45) is 3.35. The molecule has 0 bridgehead atoms. The van der Waals surface area contributed by atoms with Gasteiger partial charge in [-0.2, -0.15) is 0 Å². The van der Waals surface area contributed by atoms with E-state index in [0.717, 1.165) is 30.5 Å². The lowest BCUT2D eigenvalue weighted by Crippen LogP contribution is -2.43. The molecule has 0 spiro atoms. The highest BCUT2D eigenvalue weighted by Crippen LogP contribution is 2.36. The molecule has 5 heteroatoms. The van der Waals surface area contributed by atoms with Gasteiger partial charge < -0.3 is 10.1 Å². The Bertz CT molecular complexity index is 882. The first-order valence-electron chi connectivity index (χ1n) is 10.2. The number of unbranched alkanes of at least 4 members (excludes halogenated alkanes) is 1. The van der Waals surface area contributed by atoms with Crippen LogP contribution in [0.25, 0.3) is 0 Å². The summed E-state index contributed by atoms with van der Waals surface area (Å²) in [6.45, 7) is 8.45. The topological polar surface area (TPSA) is 58.6 Å². The molecule has 0 atom stereocenters. The molecule has 29 heavy (non-hydrogen) atoms. The van der Waals surface area contributed by atoms with E-state index in [1.54, 1.807) is 0 Å². The van der Waals surface area contributed by atoms with Gasteiger partial charge in [-0.3, -0.25) is 14.5 Å². The Morgan fingerprint density at radius 3 is 2.52 bits per heavy atom. The van der Waals surface area contributed by atoms with Crippen LogP contribution in [0.5, 0.6) is 5.75 Å². The third kappa shape index (κ3) is 5.17. The number of fused-ring (bicyclic) bond motifs is 1. The van der Waals surface area contributed by atoms with Crippen molar-refractivity contribution in [3.63, 3.8) is 0 Å². The molecule has 2 aromatic rings. The van der Waals surface area contributed by atoms with Gasteiger partial charge in [-0.15, -0.1) is 0 Å². The zero-order valence-corrected chi connectivity index (χ0v) is 17.7. The Kier molecular flexibility index (Phi) is 6.26. The van der Waals surface area contributed by atoms with Crippen LogP contribution in [-0.4, -0.2) is 25.0 Å². The first-order valence-corrected chi connectivity index (χ1v) is 10.2. The van der Waals surface area contributed by atoms with Gasteiger partial charge in [0.05, 0.1) is 5.69 Å². The molecule has 1 aliphatic rings. The van der Waals surface area contributed by atoms with Gasteiger partial charge in [0.15, 0.2) is 6.61 Å². The Morgan fingerprint density at radius 2 is 1.86 bits per heavy atom. The summed E-state index contributed by atoms with van der Waals surface area (Å²) in [5, 5.41) is 2.89. The maximum Gasteiger partial charge on any atom is 0.265 e. The first kappa shape index (κ1) is 20.9. The van der Waals surface area contributed by atoms with Crippen LogP contribution in [-0.2, 0) is 21.4 Å². The molecule has 2 amide bonds. The number of hydrogen-bond donors (Lipinski definition) is 1. The molecule has 154 valence electrons. The summed E-state index contributed by atoms with van der Waals surface area (Å²) in [5.41, 5.74) is 3.74. The average molecular weight is 395 g/mol. The van der Waals surface area contributed by atoms with Crippen molar-refractivity contribution in [3.8, 4) is 5.75 Å². The minimum atomic E-state index is -0.229. The summed E-state index contributed by atoms with van der Waals surface area (Å²) in [6, 6.07) is 13.7. The van der Waals surface area contributed by atoms with Crippen molar-refractivity contribution in [1.82, 2.24) is 0 Å². The van der Waals surface area contributed by atoms with Crippen LogP contribution in [0.3, 0.4) is 0 Å². The maximum atomic E-state index is 12.6. The Hall–Kier alpha value is -2.82. The number of carbonyl (C=O) groups is 2. The highest BCUT2D eigenvalue weighted by Gasteiger charge is 2.28. The molecule has 0 radical (unpaired) electrons. The zero-order chi connectivity index (χ0) is 21.0. The molecule has 0 aromatic heterocycles. The van der Waals surface area contributed by atoms with Crippen LogP contribution in [0.4, 0.5) is 11.4 Å². The van der Waals surface area contributed by atoms with E-state index < -0.39 is 0 Å². The van der Waals surface area contributed by atoms with E-state index in [9.17, 15) is 9.59 Å². The standard InChI is InChI=1S/C24H30N2O3/c1-5-6-7-17-8-11-19(12-9-17)25-22(27)15-26-20-13-10-18(24(2,3)4)14-21(20)29-16-23(26)28/h8-14H,5-7,15-16H2,1-4H3,(H,25,27). The van der Waals surface area contributed by atoms with Gasteiger partial charge in [0, 0.05) is 5.69 Å². The van der Waals surface area contributed by atoms with Gasteiger partial charge in [0.1, 0.15) is 12.3 Å². The molecule has 1 aliphatic heterocycles. The van der Waals surface area contributed by atoms with Crippen molar-refractivity contribution in [2.24, 2.45) is 0 Å². The molecule has 2 aromatic carbocycles. The predicted octanol–water partition coefficient (Wildman–Crippen LogP) is 4.69. The second kappa shape index (κ2) is 8.68. The molecular formula is C24H30N2O3. The lowest BCUT2D eigenvalue weighted by molar-refractivity contribution is -0.123. The second-order valence-electron chi connectivity index (χ2n) is 8.55. The van der Waals surface area contributed by atoms with Gasteiger partial charge in [0.25, 0.3) is 5.91 Å². The fraction of sp³-hybridized carbons (Fsp3) is 0.417. The minimum Gasteiger partial charge on any atom is -0.482 e. The van der Waals surface area contributed by atoms with E-state index in [-0.39, 0.29) is 30.4 Å². The van der Waals surface area contributed by atoms with E-state index in [4.69, 9.17) is 4.74 Å². The van der Waals surface area contributed by atoms with Crippen LogP contribution in [0.1, 0.15) is 51.7 Å². The molecule has 5 nitrogen and oxygen atoms in total. The number of ether oxygens (including phenoxy) is 1. The van der Waals surface area contributed by atoms with E-state index in [1.807, 2.05) is 42.5 Å². The maximum absolute atomic E-state index is 12.6. The van der Waals surface area contributed by atoms with E-state index >= 15 is 0 Å². The smallest absolute Gasteiger partial charge is 0.265 e. The van der Waals surface area contributed by atoms with Crippen LogP contribution >= 0.6 is 0 Å². The third-order valence-corrected chi connectivity index (χ3v) is 5.13. The number of carbonyl (C=O) groups excluding carboxylic acids is 2. The fourth-order valence-electron chi connectivity index (χ4n) is 3.32. The molecule has 0 aliphatic carbocycles. The molecule has 1 N–H and O–H groups in total. The van der Waals surface area contributed by atoms with Gasteiger partial charge in [0.2, 0.25) is 5.91 Å². The van der Waals surface area contributed by atoms with E-state index in [1.165, 1.54) is 10.5 Å². The number of nitrogens with one attached hydrogen (secondary N) is 1. The number of anilines is 2. The summed E-state index contributed by atoms with van der Waals surface area (Å²) >= 11 is 0.